The van der Waals surface area contributed by atoms with Crippen molar-refractivity contribution in [2.45, 2.75) is 32.6 Å². The fourth-order valence-corrected chi connectivity index (χ4v) is 5.06. The largest absolute Gasteiger partial charge is 0.416 e. The fourth-order valence-electron chi connectivity index (χ4n) is 5.06. The normalized spacial score (nSPS) is 12.3. The molecule has 3 heterocycles. The standard InChI is InChI=1S/C31H29F3N8O2/c1-19(26-13-10-23(38-26)18-39(3)4)37-29(43)41-28(27-14-15-36-42(27)24-11-8-21(17-35)9-12-24)20(2)40(30(41)44)25-7-5-6-22(16-25)31(32,33)34/h5-16,19,38H,18H2,1-4H3,(H,37,43)/t19-/m0/s1. The predicted molar refractivity (Wildman–Crippen MR) is 158 cm³/mol. The van der Waals surface area contributed by atoms with Crippen LogP contribution in [0.2, 0.25) is 0 Å². The molecule has 10 nitrogen and oxygen atoms in total. The van der Waals surface area contributed by atoms with Crippen LogP contribution in [0.3, 0.4) is 0 Å². The van der Waals surface area contributed by atoms with Gasteiger partial charge in [-0.2, -0.15) is 23.5 Å². The Balaban J connectivity index is 1.65. The molecule has 0 aliphatic carbocycles. The molecule has 2 N–H and O–H groups in total. The number of carbonyl (C=O) groups excluding carboxylic acids is 1. The number of alkyl halides is 3. The number of carbonyl (C=O) groups is 1. The Morgan fingerprint density at radius 2 is 1.82 bits per heavy atom. The van der Waals surface area contributed by atoms with E-state index < -0.39 is 29.5 Å². The topological polar surface area (TPSA) is 117 Å². The van der Waals surface area contributed by atoms with Crippen molar-refractivity contribution in [1.29, 1.82) is 5.26 Å². The minimum Gasteiger partial charge on any atom is -0.359 e. The van der Waals surface area contributed by atoms with Gasteiger partial charge in [-0.25, -0.2) is 18.8 Å². The number of imidazole rings is 1. The summed E-state index contributed by atoms with van der Waals surface area (Å²) in [5.74, 6) is 0. The monoisotopic (exact) mass is 602 g/mol. The van der Waals surface area contributed by atoms with E-state index in [4.69, 9.17) is 0 Å². The summed E-state index contributed by atoms with van der Waals surface area (Å²) in [5, 5.41) is 16.4. The zero-order valence-corrected chi connectivity index (χ0v) is 24.3. The number of H-pyrrole nitrogens is 1. The summed E-state index contributed by atoms with van der Waals surface area (Å²) in [6, 6.07) is 17.0. The summed E-state index contributed by atoms with van der Waals surface area (Å²) in [4.78, 5) is 33.1. The molecule has 226 valence electrons. The van der Waals surface area contributed by atoms with Crippen molar-refractivity contribution in [3.63, 3.8) is 0 Å². The number of aromatic nitrogens is 5. The lowest BCUT2D eigenvalue weighted by molar-refractivity contribution is -0.137. The summed E-state index contributed by atoms with van der Waals surface area (Å²) >= 11 is 0. The average molecular weight is 603 g/mol. The maximum absolute atomic E-state index is 14.0. The fraction of sp³-hybridized carbons (Fsp3) is 0.226. The van der Waals surface area contributed by atoms with Crippen LogP contribution in [0.15, 0.2) is 77.7 Å². The molecule has 3 aromatic heterocycles. The second-order valence-corrected chi connectivity index (χ2v) is 10.6. The van der Waals surface area contributed by atoms with Crippen molar-refractivity contribution >= 4 is 6.03 Å². The number of aromatic amines is 1. The molecular formula is C31H29F3N8O2. The Hall–Kier alpha value is -5.35. The van der Waals surface area contributed by atoms with Crippen LogP contribution in [0.1, 0.15) is 41.2 Å². The van der Waals surface area contributed by atoms with E-state index in [0.29, 0.717) is 29.2 Å². The van der Waals surface area contributed by atoms with Gasteiger partial charge in [-0.1, -0.05) is 6.07 Å². The molecule has 0 saturated carbocycles. The van der Waals surface area contributed by atoms with Crippen molar-refractivity contribution in [3.8, 4) is 28.8 Å². The molecule has 0 aliphatic rings. The average Bonchev–Trinajstić information content (AvgIpc) is 3.70. The van der Waals surface area contributed by atoms with Gasteiger partial charge in [0.15, 0.2) is 0 Å². The van der Waals surface area contributed by atoms with E-state index in [1.54, 1.807) is 44.2 Å². The van der Waals surface area contributed by atoms with Crippen LogP contribution in [0.5, 0.6) is 0 Å². The lowest BCUT2D eigenvalue weighted by Crippen LogP contribution is -2.38. The van der Waals surface area contributed by atoms with Crippen LogP contribution in [-0.4, -0.2) is 48.9 Å². The van der Waals surface area contributed by atoms with Gasteiger partial charge in [-0.3, -0.25) is 4.57 Å². The van der Waals surface area contributed by atoms with Crippen molar-refractivity contribution in [3.05, 3.63) is 112 Å². The summed E-state index contributed by atoms with van der Waals surface area (Å²) in [6.45, 7) is 3.97. The maximum Gasteiger partial charge on any atom is 0.416 e. The van der Waals surface area contributed by atoms with Crippen molar-refractivity contribution in [1.82, 2.24) is 34.1 Å². The van der Waals surface area contributed by atoms with Gasteiger partial charge >= 0.3 is 17.9 Å². The van der Waals surface area contributed by atoms with Gasteiger partial charge in [0.25, 0.3) is 0 Å². The van der Waals surface area contributed by atoms with E-state index in [9.17, 15) is 28.0 Å². The molecule has 0 bridgehead atoms. The zero-order chi connectivity index (χ0) is 31.8. The molecule has 0 fully saturated rings. The Kier molecular flexibility index (Phi) is 8.03. The van der Waals surface area contributed by atoms with E-state index in [1.165, 1.54) is 23.0 Å². The number of nitrogens with one attached hydrogen (secondary N) is 2. The Labute approximate surface area is 250 Å². The molecule has 44 heavy (non-hydrogen) atoms. The van der Waals surface area contributed by atoms with Gasteiger partial charge in [-0.05, 0) is 88.6 Å². The first-order valence-electron chi connectivity index (χ1n) is 13.6. The molecule has 0 radical (unpaired) electrons. The minimum atomic E-state index is -4.64. The quantitative estimate of drug-likeness (QED) is 0.259. The minimum absolute atomic E-state index is 0.0506. The van der Waals surface area contributed by atoms with E-state index in [0.717, 1.165) is 27.0 Å². The van der Waals surface area contributed by atoms with E-state index in [1.807, 2.05) is 37.2 Å². The third kappa shape index (κ3) is 5.80. The second kappa shape index (κ2) is 11.7. The number of amides is 1. The molecule has 5 rings (SSSR count). The number of hydrogen-bond acceptors (Lipinski definition) is 5. The van der Waals surface area contributed by atoms with Crippen molar-refractivity contribution in [2.75, 3.05) is 14.1 Å². The smallest absolute Gasteiger partial charge is 0.359 e. The molecular weight excluding hydrogens is 573 g/mol. The number of nitrogens with zero attached hydrogens (tertiary/aromatic N) is 6. The molecule has 0 unspecified atom stereocenters. The second-order valence-electron chi connectivity index (χ2n) is 10.6. The van der Waals surface area contributed by atoms with E-state index in [2.05, 4.69) is 15.4 Å². The molecule has 2 aromatic carbocycles. The molecule has 13 heteroatoms. The highest BCUT2D eigenvalue weighted by Gasteiger charge is 2.32. The van der Waals surface area contributed by atoms with Crippen LogP contribution in [0, 0.1) is 18.3 Å². The highest BCUT2D eigenvalue weighted by Crippen LogP contribution is 2.32. The Morgan fingerprint density at radius 3 is 2.48 bits per heavy atom. The number of halogens is 3. The summed E-state index contributed by atoms with van der Waals surface area (Å²) in [7, 11) is 3.86. The molecule has 1 atom stereocenters. The van der Waals surface area contributed by atoms with Crippen LogP contribution >= 0.6 is 0 Å². The summed E-state index contributed by atoms with van der Waals surface area (Å²) in [6.07, 6.45) is -3.16. The Morgan fingerprint density at radius 1 is 1.09 bits per heavy atom. The lowest BCUT2D eigenvalue weighted by atomic mass is 10.2. The first-order valence-corrected chi connectivity index (χ1v) is 13.6. The first kappa shape index (κ1) is 30.1. The van der Waals surface area contributed by atoms with Crippen molar-refractivity contribution in [2.24, 2.45) is 0 Å². The van der Waals surface area contributed by atoms with Gasteiger partial charge in [0, 0.05) is 17.9 Å². The zero-order valence-electron chi connectivity index (χ0n) is 24.3. The molecule has 5 aromatic rings. The van der Waals surface area contributed by atoms with Crippen LogP contribution in [-0.2, 0) is 12.7 Å². The lowest BCUT2D eigenvalue weighted by Gasteiger charge is -2.15. The maximum atomic E-state index is 14.0. The Bertz CT molecular complexity index is 1920. The number of benzene rings is 2. The van der Waals surface area contributed by atoms with Gasteiger partial charge in [0.1, 0.15) is 5.69 Å². The van der Waals surface area contributed by atoms with Gasteiger partial charge in [-0.15, -0.1) is 0 Å². The van der Waals surface area contributed by atoms with Crippen LogP contribution in [0.25, 0.3) is 22.8 Å². The predicted octanol–water partition coefficient (Wildman–Crippen LogP) is 5.40. The van der Waals surface area contributed by atoms with Crippen LogP contribution < -0.4 is 11.0 Å². The van der Waals surface area contributed by atoms with Gasteiger partial charge in [0.2, 0.25) is 0 Å². The molecule has 0 aliphatic heterocycles. The summed E-state index contributed by atoms with van der Waals surface area (Å²) in [5.41, 5.74) is 1.48. The molecule has 1 amide bonds. The van der Waals surface area contributed by atoms with E-state index >= 15 is 0 Å². The summed E-state index contributed by atoms with van der Waals surface area (Å²) < 4.78 is 44.3. The highest BCUT2D eigenvalue weighted by atomic mass is 19.4. The first-order chi connectivity index (χ1) is 20.9. The SMILES string of the molecule is Cc1c(-c2ccnn2-c2ccc(C#N)cc2)n(C(=O)N[C@@H](C)c2ccc(CN(C)C)[nH]2)c(=O)n1-c1cccc(C(F)(F)F)c1. The third-order valence-corrected chi connectivity index (χ3v) is 7.11. The number of hydrogen-bond donors (Lipinski definition) is 2. The van der Waals surface area contributed by atoms with E-state index in [-0.39, 0.29) is 17.1 Å². The highest BCUT2D eigenvalue weighted by molar-refractivity contribution is 5.83. The van der Waals surface area contributed by atoms with Gasteiger partial charge < -0.3 is 15.2 Å². The number of nitriles is 1. The van der Waals surface area contributed by atoms with Crippen molar-refractivity contribution < 1.29 is 18.0 Å². The molecule has 0 saturated heterocycles. The third-order valence-electron chi connectivity index (χ3n) is 7.11. The molecule has 0 spiro atoms. The van der Waals surface area contributed by atoms with Gasteiger partial charge in [0.05, 0.1) is 52.2 Å². The number of rotatable bonds is 7. The van der Waals surface area contributed by atoms with Crippen LogP contribution in [0.4, 0.5) is 18.0 Å².